The highest BCUT2D eigenvalue weighted by Crippen LogP contribution is 2.54. The van der Waals surface area contributed by atoms with E-state index in [9.17, 15) is 8.78 Å². The Bertz CT molecular complexity index is 866. The maximum Gasteiger partial charge on any atom is 0.151 e. The topological polar surface area (TPSA) is 29.9 Å². The molecular formula is C19H21F2N3S. The van der Waals surface area contributed by atoms with Crippen LogP contribution in [0.4, 0.5) is 8.78 Å². The highest BCUT2D eigenvalue weighted by atomic mass is 32.1. The molecule has 0 aliphatic heterocycles. The van der Waals surface area contributed by atoms with Crippen molar-refractivity contribution >= 4 is 17.2 Å². The molecule has 1 fully saturated rings. The summed E-state index contributed by atoms with van der Waals surface area (Å²) < 4.78 is 29.3. The van der Waals surface area contributed by atoms with Crippen molar-refractivity contribution in [1.29, 1.82) is 0 Å². The van der Waals surface area contributed by atoms with Gasteiger partial charge in [0.15, 0.2) is 5.82 Å². The highest BCUT2D eigenvalue weighted by Gasteiger charge is 2.43. The van der Waals surface area contributed by atoms with Crippen LogP contribution in [-0.4, -0.2) is 20.3 Å². The predicted molar refractivity (Wildman–Crippen MR) is 97.4 cm³/mol. The molecule has 1 N–H and O–H groups in total. The minimum absolute atomic E-state index is 0.174. The second-order valence-corrected chi connectivity index (χ2v) is 8.47. The normalized spacial score (nSPS) is 21.5. The van der Waals surface area contributed by atoms with Crippen LogP contribution in [0.25, 0.3) is 5.69 Å². The van der Waals surface area contributed by atoms with E-state index in [1.54, 1.807) is 4.68 Å². The molecule has 2 bridgehead atoms. The van der Waals surface area contributed by atoms with E-state index in [2.05, 4.69) is 10.4 Å². The predicted octanol–water partition coefficient (Wildman–Crippen LogP) is 4.58. The van der Waals surface area contributed by atoms with Crippen molar-refractivity contribution in [2.24, 2.45) is 0 Å². The third-order valence-electron chi connectivity index (χ3n) is 5.03. The minimum Gasteiger partial charge on any atom is -0.370 e. The molecule has 0 spiro atoms. The van der Waals surface area contributed by atoms with Crippen LogP contribution in [0.1, 0.15) is 68.8 Å². The van der Waals surface area contributed by atoms with Crippen LogP contribution in [0.2, 0.25) is 0 Å². The molecule has 1 aromatic heterocycles. The molecule has 2 aliphatic rings. The first kappa shape index (κ1) is 16.6. The lowest BCUT2D eigenvalue weighted by Crippen LogP contribution is -2.40. The van der Waals surface area contributed by atoms with E-state index in [0.717, 1.165) is 42.3 Å². The van der Waals surface area contributed by atoms with Crippen LogP contribution < -0.4 is 5.32 Å². The molecule has 2 aromatic rings. The Morgan fingerprint density at radius 3 is 2.64 bits per heavy atom. The van der Waals surface area contributed by atoms with Gasteiger partial charge in [-0.15, -0.1) is 0 Å². The van der Waals surface area contributed by atoms with Crippen molar-refractivity contribution in [2.45, 2.75) is 57.4 Å². The van der Waals surface area contributed by atoms with Crippen molar-refractivity contribution in [1.82, 2.24) is 15.1 Å². The number of hydrogen-bond acceptors (Lipinski definition) is 2. The Kier molecular flexibility index (Phi) is 3.72. The first-order chi connectivity index (χ1) is 11.7. The molecule has 0 radical (unpaired) electrons. The number of nitrogens with zero attached hydrogens (tertiary/aromatic N) is 2. The molecule has 4 rings (SSSR count). The monoisotopic (exact) mass is 361 g/mol. The van der Waals surface area contributed by atoms with Crippen LogP contribution in [-0.2, 0) is 0 Å². The second-order valence-electron chi connectivity index (χ2n) is 8.07. The summed E-state index contributed by atoms with van der Waals surface area (Å²) in [5.74, 6) is -0.374. The van der Waals surface area contributed by atoms with E-state index in [1.807, 2.05) is 20.8 Å². The number of halogens is 2. The third kappa shape index (κ3) is 2.76. The Hall–Kier alpha value is -1.82. The summed E-state index contributed by atoms with van der Waals surface area (Å²) in [6.45, 7) is 6.13. The quantitative estimate of drug-likeness (QED) is 0.794. The highest BCUT2D eigenvalue weighted by molar-refractivity contribution is 7.80. The number of rotatable bonds is 2. The number of hydrogen-bond donors (Lipinski definition) is 1. The van der Waals surface area contributed by atoms with Crippen LogP contribution >= 0.6 is 12.2 Å². The lowest BCUT2D eigenvalue weighted by Gasteiger charge is -2.22. The number of nitrogens with one attached hydrogen (secondary N) is 1. The zero-order valence-corrected chi connectivity index (χ0v) is 15.4. The Balaban J connectivity index is 1.86. The van der Waals surface area contributed by atoms with Gasteiger partial charge in [-0.1, -0.05) is 12.2 Å². The summed E-state index contributed by atoms with van der Waals surface area (Å²) in [6, 6.07) is 3.63. The standard InChI is InChI=1S/C19H21F2N3S/c1-19(2,3)22-18(25)16-15-10-4-5-11(8-10)17(15)24(23-16)14-7-6-12(20)9-13(14)21/h6-7,9-11H,4-5,8H2,1-3H3,(H,22,25). The van der Waals surface area contributed by atoms with Gasteiger partial charge >= 0.3 is 0 Å². The van der Waals surface area contributed by atoms with E-state index in [0.29, 0.717) is 16.8 Å². The average molecular weight is 361 g/mol. The van der Waals surface area contributed by atoms with E-state index in [-0.39, 0.29) is 11.2 Å². The lowest BCUT2D eigenvalue weighted by atomic mass is 9.95. The minimum atomic E-state index is -0.602. The van der Waals surface area contributed by atoms with Gasteiger partial charge in [0, 0.05) is 23.1 Å². The molecule has 132 valence electrons. The summed E-state index contributed by atoms with van der Waals surface area (Å²) in [5, 5.41) is 7.98. The van der Waals surface area contributed by atoms with Crippen molar-refractivity contribution in [3.8, 4) is 5.69 Å². The molecule has 1 heterocycles. The van der Waals surface area contributed by atoms with Gasteiger partial charge < -0.3 is 5.32 Å². The molecule has 6 heteroatoms. The van der Waals surface area contributed by atoms with E-state index < -0.39 is 11.6 Å². The number of fused-ring (bicyclic) bond motifs is 5. The SMILES string of the molecule is CC(C)(C)NC(=S)c1nn(-c2ccc(F)cc2F)c2c1C1CCC2C1. The van der Waals surface area contributed by atoms with Crippen molar-refractivity contribution in [3.63, 3.8) is 0 Å². The van der Waals surface area contributed by atoms with Gasteiger partial charge in [-0.05, 0) is 58.1 Å². The van der Waals surface area contributed by atoms with E-state index in [4.69, 9.17) is 12.2 Å². The van der Waals surface area contributed by atoms with Crippen molar-refractivity contribution in [2.75, 3.05) is 0 Å². The summed E-state index contributed by atoms with van der Waals surface area (Å²) in [7, 11) is 0. The molecule has 2 unspecified atom stereocenters. The lowest BCUT2D eigenvalue weighted by molar-refractivity contribution is 0.514. The van der Waals surface area contributed by atoms with Gasteiger partial charge in [0.2, 0.25) is 0 Å². The van der Waals surface area contributed by atoms with Crippen LogP contribution in [0, 0.1) is 11.6 Å². The van der Waals surface area contributed by atoms with E-state index >= 15 is 0 Å². The molecule has 1 saturated carbocycles. The zero-order valence-electron chi connectivity index (χ0n) is 14.6. The van der Waals surface area contributed by atoms with Gasteiger partial charge in [-0.2, -0.15) is 5.10 Å². The van der Waals surface area contributed by atoms with Crippen molar-refractivity contribution < 1.29 is 8.78 Å². The van der Waals surface area contributed by atoms with Gasteiger partial charge in [0.1, 0.15) is 22.2 Å². The fourth-order valence-electron chi connectivity index (χ4n) is 4.13. The smallest absolute Gasteiger partial charge is 0.151 e. The third-order valence-corrected chi connectivity index (χ3v) is 5.32. The average Bonchev–Trinajstić information content (AvgIpc) is 3.17. The Labute approximate surface area is 151 Å². The molecule has 0 saturated heterocycles. The molecule has 2 aliphatic carbocycles. The molecule has 2 atom stereocenters. The van der Waals surface area contributed by atoms with Crippen LogP contribution in [0.3, 0.4) is 0 Å². The van der Waals surface area contributed by atoms with Gasteiger partial charge in [-0.25, -0.2) is 13.5 Å². The fraction of sp³-hybridized carbons (Fsp3) is 0.474. The summed E-state index contributed by atoms with van der Waals surface area (Å²) >= 11 is 5.60. The number of benzene rings is 1. The summed E-state index contributed by atoms with van der Waals surface area (Å²) in [5.41, 5.74) is 3.06. The van der Waals surface area contributed by atoms with Crippen LogP contribution in [0.15, 0.2) is 18.2 Å². The molecule has 3 nitrogen and oxygen atoms in total. The van der Waals surface area contributed by atoms with Gasteiger partial charge in [-0.3, -0.25) is 0 Å². The number of aromatic nitrogens is 2. The fourth-order valence-corrected chi connectivity index (χ4v) is 4.59. The summed E-state index contributed by atoms with van der Waals surface area (Å²) in [4.78, 5) is 0.595. The first-order valence-corrected chi connectivity index (χ1v) is 9.06. The maximum absolute atomic E-state index is 14.4. The second kappa shape index (κ2) is 5.59. The number of thiocarbonyl (C=S) groups is 1. The maximum atomic E-state index is 14.4. The zero-order chi connectivity index (χ0) is 17.9. The van der Waals surface area contributed by atoms with Gasteiger partial charge in [0.25, 0.3) is 0 Å². The van der Waals surface area contributed by atoms with Crippen molar-refractivity contribution in [3.05, 3.63) is 46.8 Å². The summed E-state index contributed by atoms with van der Waals surface area (Å²) in [6.07, 6.45) is 3.28. The van der Waals surface area contributed by atoms with Crippen LogP contribution in [0.5, 0.6) is 0 Å². The molecule has 25 heavy (non-hydrogen) atoms. The molecular weight excluding hydrogens is 340 g/mol. The molecule has 1 aromatic carbocycles. The Morgan fingerprint density at radius 2 is 1.96 bits per heavy atom. The van der Waals surface area contributed by atoms with Gasteiger partial charge in [0.05, 0.1) is 5.69 Å². The molecule has 0 amide bonds. The first-order valence-electron chi connectivity index (χ1n) is 8.65. The Morgan fingerprint density at radius 1 is 1.24 bits per heavy atom. The largest absolute Gasteiger partial charge is 0.370 e. The van der Waals surface area contributed by atoms with E-state index in [1.165, 1.54) is 12.1 Å².